The normalized spacial score (nSPS) is 23.2. The highest BCUT2D eigenvalue weighted by molar-refractivity contribution is 5.92. The number of carbonyl (C=O) groups is 1. The van der Waals surface area contributed by atoms with Crippen LogP contribution in [-0.2, 0) is 0 Å². The van der Waals surface area contributed by atoms with Crippen LogP contribution in [0.4, 0.5) is 0 Å². The summed E-state index contributed by atoms with van der Waals surface area (Å²) in [6.07, 6.45) is 3.44. The highest BCUT2D eigenvalue weighted by Crippen LogP contribution is 2.38. The zero-order valence-electron chi connectivity index (χ0n) is 9.53. The van der Waals surface area contributed by atoms with Crippen molar-refractivity contribution in [2.75, 3.05) is 13.1 Å². The lowest BCUT2D eigenvalue weighted by molar-refractivity contribution is 0.0935. The van der Waals surface area contributed by atoms with Crippen molar-refractivity contribution in [1.29, 1.82) is 0 Å². The van der Waals surface area contributed by atoms with Crippen LogP contribution >= 0.6 is 12.4 Å². The van der Waals surface area contributed by atoms with Crippen molar-refractivity contribution in [2.24, 2.45) is 0 Å². The second-order valence-corrected chi connectivity index (χ2v) is 4.65. The fourth-order valence-electron chi connectivity index (χ4n) is 2.09. The Morgan fingerprint density at radius 1 is 1.41 bits per heavy atom. The fourth-order valence-corrected chi connectivity index (χ4v) is 2.09. The second kappa shape index (κ2) is 5.06. The smallest absolute Gasteiger partial charge is 0.272 e. The van der Waals surface area contributed by atoms with Gasteiger partial charge in [0, 0.05) is 24.2 Å². The number of nitrogens with one attached hydrogen (secondary N) is 3. The van der Waals surface area contributed by atoms with Gasteiger partial charge in [0.1, 0.15) is 5.69 Å². The molecule has 3 rings (SSSR count). The lowest BCUT2D eigenvalue weighted by atomic mass is 10.2. The van der Waals surface area contributed by atoms with Gasteiger partial charge >= 0.3 is 0 Å². The summed E-state index contributed by atoms with van der Waals surface area (Å²) in [7, 11) is 0. The molecule has 1 saturated heterocycles. The van der Waals surface area contributed by atoms with E-state index >= 15 is 0 Å². The first kappa shape index (κ1) is 12.4. The zero-order valence-corrected chi connectivity index (χ0v) is 10.3. The van der Waals surface area contributed by atoms with E-state index in [4.69, 9.17) is 0 Å². The number of amides is 1. The van der Waals surface area contributed by atoms with Crippen LogP contribution in [0.15, 0.2) is 6.07 Å². The first-order valence-corrected chi connectivity index (χ1v) is 5.90. The summed E-state index contributed by atoms with van der Waals surface area (Å²) in [5, 5.41) is 13.2. The van der Waals surface area contributed by atoms with Crippen molar-refractivity contribution in [3.05, 3.63) is 17.5 Å². The Balaban J connectivity index is 0.00000108. The Hall–Kier alpha value is -1.07. The van der Waals surface area contributed by atoms with Crippen molar-refractivity contribution in [2.45, 2.75) is 31.2 Å². The summed E-state index contributed by atoms with van der Waals surface area (Å²) < 4.78 is 0. The number of nitrogens with zero attached hydrogens (tertiary/aromatic N) is 1. The van der Waals surface area contributed by atoms with E-state index in [1.807, 2.05) is 6.07 Å². The first-order chi connectivity index (χ1) is 7.83. The minimum Gasteiger partial charge on any atom is -0.347 e. The van der Waals surface area contributed by atoms with E-state index in [-0.39, 0.29) is 24.4 Å². The number of carbonyl (C=O) groups excluding carboxylic acids is 1. The molecule has 0 radical (unpaired) electrons. The molecule has 1 atom stereocenters. The quantitative estimate of drug-likeness (QED) is 0.749. The van der Waals surface area contributed by atoms with Crippen molar-refractivity contribution < 1.29 is 4.79 Å². The van der Waals surface area contributed by atoms with Crippen molar-refractivity contribution in [3.63, 3.8) is 0 Å². The van der Waals surface area contributed by atoms with Gasteiger partial charge in [-0.3, -0.25) is 9.89 Å². The minimum atomic E-state index is -0.0585. The summed E-state index contributed by atoms with van der Waals surface area (Å²) in [5.41, 5.74) is 1.63. The molecule has 0 spiro atoms. The molecule has 1 aromatic rings. The number of aromatic nitrogens is 2. The van der Waals surface area contributed by atoms with Gasteiger partial charge in [0.25, 0.3) is 5.91 Å². The van der Waals surface area contributed by atoms with Crippen LogP contribution in [0.2, 0.25) is 0 Å². The molecule has 17 heavy (non-hydrogen) atoms. The van der Waals surface area contributed by atoms with E-state index < -0.39 is 0 Å². The highest BCUT2D eigenvalue weighted by Gasteiger charge is 2.27. The average Bonchev–Trinajstić information content (AvgIpc) is 2.82. The Morgan fingerprint density at radius 2 is 2.24 bits per heavy atom. The van der Waals surface area contributed by atoms with Gasteiger partial charge in [-0.1, -0.05) is 0 Å². The molecular weight excluding hydrogens is 240 g/mol. The van der Waals surface area contributed by atoms with Crippen LogP contribution in [-0.4, -0.2) is 35.2 Å². The molecule has 1 aliphatic heterocycles. The molecule has 2 fully saturated rings. The van der Waals surface area contributed by atoms with Crippen molar-refractivity contribution >= 4 is 18.3 Å². The van der Waals surface area contributed by atoms with Crippen LogP contribution in [0.5, 0.6) is 0 Å². The standard InChI is InChI=1S/C11H16N4O.ClH/c16-11(13-8-3-4-12-6-8)10-5-9(14-15-10)7-1-2-7;/h5,7-8,12H,1-4,6H2,(H,13,16)(H,14,15);1H. The Kier molecular flexibility index (Phi) is 3.69. The Morgan fingerprint density at radius 3 is 2.88 bits per heavy atom. The third-order valence-electron chi connectivity index (χ3n) is 3.24. The molecule has 6 heteroatoms. The van der Waals surface area contributed by atoms with Crippen molar-refractivity contribution in [1.82, 2.24) is 20.8 Å². The lowest BCUT2D eigenvalue weighted by Gasteiger charge is -2.08. The zero-order chi connectivity index (χ0) is 11.0. The molecule has 5 nitrogen and oxygen atoms in total. The van der Waals surface area contributed by atoms with Gasteiger partial charge in [-0.05, 0) is 31.9 Å². The maximum absolute atomic E-state index is 11.8. The average molecular weight is 257 g/mol. The number of rotatable bonds is 3. The SMILES string of the molecule is Cl.O=C(NC1CCNC1)c1cc(C2CC2)[nH]n1. The molecular formula is C11H17ClN4O. The molecule has 2 aliphatic rings. The predicted molar refractivity (Wildman–Crippen MR) is 66.6 cm³/mol. The molecule has 1 aromatic heterocycles. The van der Waals surface area contributed by atoms with Crippen LogP contribution in [0.25, 0.3) is 0 Å². The summed E-state index contributed by atoms with van der Waals surface area (Å²) >= 11 is 0. The molecule has 0 bridgehead atoms. The second-order valence-electron chi connectivity index (χ2n) is 4.65. The molecule has 3 N–H and O–H groups in total. The molecule has 0 aromatic carbocycles. The topological polar surface area (TPSA) is 69.8 Å². The van der Waals surface area contributed by atoms with E-state index in [0.717, 1.165) is 25.2 Å². The molecule has 1 aliphatic carbocycles. The van der Waals surface area contributed by atoms with Crippen LogP contribution in [0, 0.1) is 0 Å². The van der Waals surface area contributed by atoms with Gasteiger partial charge in [0.15, 0.2) is 0 Å². The predicted octanol–water partition coefficient (Wildman–Crippen LogP) is 0.801. The van der Waals surface area contributed by atoms with Gasteiger partial charge in [-0.25, -0.2) is 0 Å². The van der Waals surface area contributed by atoms with Crippen molar-refractivity contribution in [3.8, 4) is 0 Å². The number of hydrogen-bond acceptors (Lipinski definition) is 3. The number of hydrogen-bond donors (Lipinski definition) is 3. The molecule has 1 amide bonds. The van der Waals surface area contributed by atoms with E-state index in [9.17, 15) is 4.79 Å². The fraction of sp³-hybridized carbons (Fsp3) is 0.636. The number of halogens is 1. The van der Waals surface area contributed by atoms with E-state index in [2.05, 4.69) is 20.8 Å². The Labute approximate surface area is 106 Å². The van der Waals surface area contributed by atoms with Gasteiger partial charge in [-0.2, -0.15) is 5.10 Å². The van der Waals surface area contributed by atoms with Gasteiger partial charge in [0.05, 0.1) is 0 Å². The molecule has 1 saturated carbocycles. The summed E-state index contributed by atoms with van der Waals surface area (Å²) in [4.78, 5) is 11.8. The monoisotopic (exact) mass is 256 g/mol. The maximum Gasteiger partial charge on any atom is 0.272 e. The summed E-state index contributed by atoms with van der Waals surface area (Å²) in [5.74, 6) is 0.555. The molecule has 1 unspecified atom stereocenters. The van der Waals surface area contributed by atoms with Gasteiger partial charge in [0.2, 0.25) is 0 Å². The maximum atomic E-state index is 11.8. The van der Waals surface area contributed by atoms with E-state index in [1.54, 1.807) is 0 Å². The first-order valence-electron chi connectivity index (χ1n) is 5.90. The molecule has 94 valence electrons. The summed E-state index contributed by atoms with van der Waals surface area (Å²) in [6, 6.07) is 2.14. The Bertz CT molecular complexity index is 396. The lowest BCUT2D eigenvalue weighted by Crippen LogP contribution is -2.36. The third-order valence-corrected chi connectivity index (χ3v) is 3.24. The number of aromatic amines is 1. The minimum absolute atomic E-state index is 0. The number of H-pyrrole nitrogens is 1. The summed E-state index contributed by atoms with van der Waals surface area (Å²) in [6.45, 7) is 1.85. The van der Waals surface area contributed by atoms with E-state index in [0.29, 0.717) is 11.6 Å². The molecule has 2 heterocycles. The van der Waals surface area contributed by atoms with Crippen LogP contribution in [0.3, 0.4) is 0 Å². The largest absolute Gasteiger partial charge is 0.347 e. The van der Waals surface area contributed by atoms with Gasteiger partial charge < -0.3 is 10.6 Å². The third kappa shape index (κ3) is 2.79. The van der Waals surface area contributed by atoms with Crippen LogP contribution < -0.4 is 10.6 Å². The van der Waals surface area contributed by atoms with Crippen LogP contribution in [0.1, 0.15) is 41.4 Å². The van der Waals surface area contributed by atoms with E-state index in [1.165, 1.54) is 12.8 Å². The highest BCUT2D eigenvalue weighted by atomic mass is 35.5. The van der Waals surface area contributed by atoms with Gasteiger partial charge in [-0.15, -0.1) is 12.4 Å².